The van der Waals surface area contributed by atoms with Crippen LogP contribution in [-0.2, 0) is 11.2 Å². The Morgan fingerprint density at radius 3 is 2.81 bits per heavy atom. The average Bonchev–Trinajstić information content (AvgIpc) is 2.99. The lowest BCUT2D eigenvalue weighted by molar-refractivity contribution is -0.385. The predicted octanol–water partition coefficient (Wildman–Crippen LogP) is 1.82. The molecule has 0 aromatic carbocycles. The van der Waals surface area contributed by atoms with Gasteiger partial charge in [0, 0.05) is 17.7 Å². The number of aromatic nitrogens is 1. The van der Waals surface area contributed by atoms with E-state index in [1.54, 1.807) is 13.0 Å². The zero-order valence-corrected chi connectivity index (χ0v) is 8.97. The molecule has 1 fully saturated rings. The van der Waals surface area contributed by atoms with Gasteiger partial charge in [0.05, 0.1) is 11.3 Å². The van der Waals surface area contributed by atoms with Crippen LogP contribution >= 0.6 is 0 Å². The van der Waals surface area contributed by atoms with Gasteiger partial charge < -0.3 is 0 Å². The summed E-state index contributed by atoms with van der Waals surface area (Å²) in [4.78, 5) is 26.0. The maximum Gasteiger partial charge on any atom is 0.291 e. The van der Waals surface area contributed by atoms with E-state index in [4.69, 9.17) is 0 Å². The summed E-state index contributed by atoms with van der Waals surface area (Å²) in [5.74, 6) is 0.183. The molecule has 1 heterocycles. The van der Waals surface area contributed by atoms with E-state index in [0.29, 0.717) is 11.4 Å². The lowest BCUT2D eigenvalue weighted by atomic mass is 10.1. The number of nitrogens with zero attached hydrogens (tertiary/aromatic N) is 2. The molecule has 0 atom stereocenters. The third-order valence-electron chi connectivity index (χ3n) is 2.66. The predicted molar refractivity (Wildman–Crippen MR) is 57.1 cm³/mol. The summed E-state index contributed by atoms with van der Waals surface area (Å²) in [6.07, 6.45) is 1.92. The fourth-order valence-corrected chi connectivity index (χ4v) is 1.61. The standard InChI is InChI=1S/C11H12N2O3/c1-7-2-5-10(13(15)16)9(12-7)6-11(14)8-3-4-8/h2,5,8H,3-4,6H2,1H3. The Labute approximate surface area is 92.6 Å². The fourth-order valence-electron chi connectivity index (χ4n) is 1.61. The summed E-state index contributed by atoms with van der Waals surface area (Å²) in [5.41, 5.74) is 0.936. The molecule has 5 heteroatoms. The van der Waals surface area contributed by atoms with E-state index in [9.17, 15) is 14.9 Å². The first kappa shape index (κ1) is 10.7. The van der Waals surface area contributed by atoms with Crippen LogP contribution in [-0.4, -0.2) is 15.7 Å². The highest BCUT2D eigenvalue weighted by Crippen LogP contribution is 2.31. The van der Waals surface area contributed by atoms with Crippen LogP contribution in [0.5, 0.6) is 0 Å². The van der Waals surface area contributed by atoms with Crippen molar-refractivity contribution in [3.05, 3.63) is 33.6 Å². The first-order valence-corrected chi connectivity index (χ1v) is 5.21. The van der Waals surface area contributed by atoms with E-state index in [0.717, 1.165) is 12.8 Å². The summed E-state index contributed by atoms with van der Waals surface area (Å²) in [6.45, 7) is 1.76. The van der Waals surface area contributed by atoms with E-state index in [2.05, 4.69) is 4.98 Å². The van der Waals surface area contributed by atoms with Crippen molar-refractivity contribution in [2.75, 3.05) is 0 Å². The second kappa shape index (κ2) is 4.00. The van der Waals surface area contributed by atoms with Crippen molar-refractivity contribution in [2.24, 2.45) is 5.92 Å². The first-order chi connectivity index (χ1) is 7.58. The summed E-state index contributed by atoms with van der Waals surface area (Å²) in [6, 6.07) is 3.00. The molecule has 0 radical (unpaired) electrons. The number of nitro groups is 1. The summed E-state index contributed by atoms with van der Waals surface area (Å²) in [5, 5.41) is 10.8. The molecule has 0 saturated heterocycles. The molecule has 1 saturated carbocycles. The molecule has 5 nitrogen and oxygen atoms in total. The Morgan fingerprint density at radius 1 is 1.56 bits per heavy atom. The molecule has 0 unspecified atom stereocenters. The lowest BCUT2D eigenvalue weighted by Crippen LogP contribution is -2.09. The maximum absolute atomic E-state index is 11.6. The number of rotatable bonds is 4. The van der Waals surface area contributed by atoms with Crippen molar-refractivity contribution in [2.45, 2.75) is 26.2 Å². The minimum atomic E-state index is -0.484. The second-order valence-electron chi connectivity index (χ2n) is 4.09. The molecule has 1 aromatic rings. The number of hydrogen-bond donors (Lipinski definition) is 0. The number of carbonyl (C=O) groups is 1. The number of hydrogen-bond acceptors (Lipinski definition) is 4. The Balaban J connectivity index is 2.26. The number of aryl methyl sites for hydroxylation is 1. The first-order valence-electron chi connectivity index (χ1n) is 5.21. The molecule has 2 rings (SSSR count). The maximum atomic E-state index is 11.6. The van der Waals surface area contributed by atoms with Gasteiger partial charge in [0.25, 0.3) is 5.69 Å². The third-order valence-corrected chi connectivity index (χ3v) is 2.66. The molecule has 84 valence electrons. The van der Waals surface area contributed by atoms with Crippen molar-refractivity contribution < 1.29 is 9.72 Å². The topological polar surface area (TPSA) is 73.1 Å². The molecule has 16 heavy (non-hydrogen) atoms. The van der Waals surface area contributed by atoms with Crippen LogP contribution < -0.4 is 0 Å². The van der Waals surface area contributed by atoms with E-state index >= 15 is 0 Å². The Morgan fingerprint density at radius 2 is 2.25 bits per heavy atom. The summed E-state index contributed by atoms with van der Waals surface area (Å²) < 4.78 is 0. The highest BCUT2D eigenvalue weighted by Gasteiger charge is 2.31. The SMILES string of the molecule is Cc1ccc([N+](=O)[O-])c(CC(=O)C2CC2)n1. The minimum Gasteiger partial charge on any atom is -0.299 e. The average molecular weight is 220 g/mol. The van der Waals surface area contributed by atoms with Gasteiger partial charge in [-0.1, -0.05) is 0 Å². The number of Topliss-reactive ketones (excluding diaryl/α,β-unsaturated/α-hetero) is 1. The molecule has 0 spiro atoms. The number of ketones is 1. The van der Waals surface area contributed by atoms with Gasteiger partial charge in [-0.2, -0.15) is 0 Å². The molecular formula is C11H12N2O3. The van der Waals surface area contributed by atoms with Crippen LogP contribution in [0.25, 0.3) is 0 Å². The zero-order valence-electron chi connectivity index (χ0n) is 8.97. The quantitative estimate of drug-likeness (QED) is 0.573. The monoisotopic (exact) mass is 220 g/mol. The lowest BCUT2D eigenvalue weighted by Gasteiger charge is -2.02. The molecule has 1 aliphatic rings. The van der Waals surface area contributed by atoms with E-state index in [1.807, 2.05) is 0 Å². The summed E-state index contributed by atoms with van der Waals surface area (Å²) >= 11 is 0. The Bertz CT molecular complexity index is 453. The highest BCUT2D eigenvalue weighted by molar-refractivity contribution is 5.85. The van der Waals surface area contributed by atoms with Crippen LogP contribution in [0.4, 0.5) is 5.69 Å². The fraction of sp³-hybridized carbons (Fsp3) is 0.455. The van der Waals surface area contributed by atoms with Gasteiger partial charge in [0.1, 0.15) is 11.5 Å². The number of pyridine rings is 1. The van der Waals surface area contributed by atoms with Gasteiger partial charge in [0.15, 0.2) is 0 Å². The molecule has 0 aliphatic heterocycles. The second-order valence-corrected chi connectivity index (χ2v) is 4.09. The van der Waals surface area contributed by atoms with Gasteiger partial charge in [0.2, 0.25) is 0 Å². The van der Waals surface area contributed by atoms with Gasteiger partial charge in [-0.25, -0.2) is 0 Å². The zero-order chi connectivity index (χ0) is 11.7. The molecule has 0 amide bonds. The molecule has 0 N–H and O–H groups in total. The minimum absolute atomic E-state index is 0.0559. The normalized spacial score (nSPS) is 14.8. The Kier molecular flexibility index (Phi) is 2.68. The van der Waals surface area contributed by atoms with Crippen LogP contribution in [0.1, 0.15) is 24.2 Å². The Hall–Kier alpha value is -1.78. The molecular weight excluding hydrogens is 208 g/mol. The third kappa shape index (κ3) is 2.24. The van der Waals surface area contributed by atoms with Gasteiger partial charge in [-0.05, 0) is 25.8 Å². The van der Waals surface area contributed by atoms with E-state index in [1.165, 1.54) is 6.07 Å². The van der Waals surface area contributed by atoms with Crippen molar-refractivity contribution in [3.63, 3.8) is 0 Å². The van der Waals surface area contributed by atoms with Crippen molar-refractivity contribution in [1.82, 2.24) is 4.98 Å². The highest BCUT2D eigenvalue weighted by atomic mass is 16.6. The van der Waals surface area contributed by atoms with Gasteiger partial charge in [-0.3, -0.25) is 19.9 Å². The molecule has 0 bridgehead atoms. The smallest absolute Gasteiger partial charge is 0.291 e. The van der Waals surface area contributed by atoms with Crippen molar-refractivity contribution in [1.29, 1.82) is 0 Å². The van der Waals surface area contributed by atoms with Crippen molar-refractivity contribution in [3.8, 4) is 0 Å². The largest absolute Gasteiger partial charge is 0.299 e. The van der Waals surface area contributed by atoms with E-state index in [-0.39, 0.29) is 23.8 Å². The number of carbonyl (C=O) groups excluding carboxylic acids is 1. The van der Waals surface area contributed by atoms with Crippen molar-refractivity contribution >= 4 is 11.5 Å². The van der Waals surface area contributed by atoms with Crippen LogP contribution in [0.3, 0.4) is 0 Å². The van der Waals surface area contributed by atoms with Crippen LogP contribution in [0, 0.1) is 23.0 Å². The van der Waals surface area contributed by atoms with Crippen LogP contribution in [0.15, 0.2) is 12.1 Å². The molecule has 1 aromatic heterocycles. The van der Waals surface area contributed by atoms with Gasteiger partial charge in [-0.15, -0.1) is 0 Å². The van der Waals surface area contributed by atoms with E-state index < -0.39 is 4.92 Å². The molecule has 1 aliphatic carbocycles. The van der Waals surface area contributed by atoms with Crippen LogP contribution in [0.2, 0.25) is 0 Å². The summed E-state index contributed by atoms with van der Waals surface area (Å²) in [7, 11) is 0. The van der Waals surface area contributed by atoms with Gasteiger partial charge >= 0.3 is 0 Å².